The van der Waals surface area contributed by atoms with Crippen LogP contribution in [0.4, 0.5) is 11.4 Å². The summed E-state index contributed by atoms with van der Waals surface area (Å²) in [5, 5.41) is 23.7. The van der Waals surface area contributed by atoms with Crippen molar-refractivity contribution in [2.45, 2.75) is 6.92 Å². The monoisotopic (exact) mass is 434 g/mol. The summed E-state index contributed by atoms with van der Waals surface area (Å²) in [4.78, 5) is 6.77. The third-order valence-electron chi connectivity index (χ3n) is 5.53. The van der Waals surface area contributed by atoms with E-state index in [0.717, 1.165) is 43.8 Å². The Bertz CT molecular complexity index is 1150. The van der Waals surface area contributed by atoms with Crippen LogP contribution in [0.3, 0.4) is 0 Å². The van der Waals surface area contributed by atoms with E-state index in [4.69, 9.17) is 14.2 Å². The van der Waals surface area contributed by atoms with Crippen molar-refractivity contribution < 1.29 is 19.3 Å². The Morgan fingerprint density at radius 3 is 2.78 bits per heavy atom. The van der Waals surface area contributed by atoms with Crippen LogP contribution in [-0.2, 0) is 4.74 Å². The van der Waals surface area contributed by atoms with Crippen LogP contribution in [0, 0.1) is 18.3 Å². The Morgan fingerprint density at radius 1 is 1.25 bits per heavy atom. The number of hydrogen-bond acceptors (Lipinski definition) is 8. The second-order valence-corrected chi connectivity index (χ2v) is 7.58. The van der Waals surface area contributed by atoms with E-state index in [-0.39, 0.29) is 5.75 Å². The number of benzene rings is 2. The average Bonchev–Trinajstić information content (AvgIpc) is 2.82. The fourth-order valence-electron chi connectivity index (χ4n) is 3.69. The molecule has 4 rings (SSSR count). The van der Waals surface area contributed by atoms with Gasteiger partial charge >= 0.3 is 0 Å². The van der Waals surface area contributed by atoms with Gasteiger partial charge in [0.25, 0.3) is 0 Å². The van der Waals surface area contributed by atoms with E-state index in [2.05, 4.69) is 21.3 Å². The molecule has 1 fully saturated rings. The lowest BCUT2D eigenvalue weighted by Gasteiger charge is -2.26. The molecule has 1 aromatic heterocycles. The number of nitriles is 1. The zero-order valence-corrected chi connectivity index (χ0v) is 18.2. The van der Waals surface area contributed by atoms with Crippen LogP contribution < -0.4 is 14.8 Å². The Balaban J connectivity index is 1.63. The van der Waals surface area contributed by atoms with Crippen molar-refractivity contribution in [3.63, 3.8) is 0 Å². The first-order valence-electron chi connectivity index (χ1n) is 10.5. The van der Waals surface area contributed by atoms with Crippen LogP contribution in [0.5, 0.6) is 17.2 Å². The van der Waals surface area contributed by atoms with Crippen LogP contribution in [0.25, 0.3) is 10.9 Å². The van der Waals surface area contributed by atoms with Gasteiger partial charge in [-0.05, 0) is 30.7 Å². The molecule has 3 aromatic rings. The lowest BCUT2D eigenvalue weighted by Crippen LogP contribution is -2.38. The van der Waals surface area contributed by atoms with Crippen molar-refractivity contribution in [1.29, 1.82) is 5.26 Å². The van der Waals surface area contributed by atoms with E-state index in [1.165, 1.54) is 6.20 Å². The molecule has 8 nitrogen and oxygen atoms in total. The summed E-state index contributed by atoms with van der Waals surface area (Å²) in [6.07, 6.45) is 1.51. The Hall–Kier alpha value is -3.54. The van der Waals surface area contributed by atoms with E-state index in [9.17, 15) is 10.4 Å². The summed E-state index contributed by atoms with van der Waals surface area (Å²) in [6, 6.07) is 11.2. The number of phenols is 1. The summed E-state index contributed by atoms with van der Waals surface area (Å²) >= 11 is 0. The molecule has 2 N–H and O–H groups in total. The Kier molecular flexibility index (Phi) is 6.59. The normalized spacial score (nSPS) is 14.2. The molecule has 0 spiro atoms. The maximum absolute atomic E-state index is 10.0. The molecule has 0 amide bonds. The first-order valence-corrected chi connectivity index (χ1v) is 10.5. The quantitative estimate of drug-likeness (QED) is 0.582. The molecule has 8 heteroatoms. The highest BCUT2D eigenvalue weighted by molar-refractivity contribution is 5.99. The molecule has 0 radical (unpaired) electrons. The highest BCUT2D eigenvalue weighted by Crippen LogP contribution is 2.39. The number of phenolic OH excluding ortho intramolecular Hbond substituents is 1. The second kappa shape index (κ2) is 9.73. The van der Waals surface area contributed by atoms with E-state index in [0.29, 0.717) is 40.6 Å². The molecule has 1 saturated heterocycles. The third-order valence-corrected chi connectivity index (χ3v) is 5.53. The number of hydrogen-bond donors (Lipinski definition) is 2. The van der Waals surface area contributed by atoms with Gasteiger partial charge in [0.15, 0.2) is 11.5 Å². The van der Waals surface area contributed by atoms with Crippen molar-refractivity contribution in [1.82, 2.24) is 9.88 Å². The van der Waals surface area contributed by atoms with Crippen LogP contribution in [-0.4, -0.2) is 61.6 Å². The van der Waals surface area contributed by atoms with E-state index in [1.807, 2.05) is 31.2 Å². The third kappa shape index (κ3) is 4.54. The number of rotatable bonds is 7. The number of nitrogens with zero attached hydrogens (tertiary/aromatic N) is 3. The van der Waals surface area contributed by atoms with Crippen LogP contribution in [0.1, 0.15) is 11.1 Å². The molecule has 0 aliphatic carbocycles. The highest BCUT2D eigenvalue weighted by atomic mass is 16.5. The minimum Gasteiger partial charge on any atom is -0.508 e. The first-order chi connectivity index (χ1) is 15.6. The fraction of sp³-hybridized carbons (Fsp3) is 0.333. The summed E-state index contributed by atoms with van der Waals surface area (Å²) in [5.41, 5.74) is 3.02. The SMILES string of the molecule is COc1c(OCCN2CCOCC2)ccc2c(Nc3ccc(C)c(O)c3)c(C#N)cnc12. The number of aryl methyl sites for hydroxylation is 1. The summed E-state index contributed by atoms with van der Waals surface area (Å²) < 4.78 is 17.0. The second-order valence-electron chi connectivity index (χ2n) is 7.58. The standard InChI is InChI=1S/C24H26N4O4/c1-16-3-4-18(13-20(16)29)27-22-17(14-25)15-26-23-19(22)5-6-21(24(23)30-2)32-12-9-28-7-10-31-11-8-28/h3-6,13,15,29H,7-12H2,1-2H3,(H,26,27). The highest BCUT2D eigenvalue weighted by Gasteiger charge is 2.17. The predicted molar refractivity (Wildman–Crippen MR) is 122 cm³/mol. The number of aromatic nitrogens is 1. The van der Waals surface area contributed by atoms with Gasteiger partial charge in [-0.1, -0.05) is 6.07 Å². The van der Waals surface area contributed by atoms with Crippen molar-refractivity contribution in [2.24, 2.45) is 0 Å². The molecule has 32 heavy (non-hydrogen) atoms. The van der Waals surface area contributed by atoms with E-state index >= 15 is 0 Å². The number of anilines is 2. The van der Waals surface area contributed by atoms with Gasteiger partial charge in [-0.3, -0.25) is 9.88 Å². The largest absolute Gasteiger partial charge is 0.508 e. The maximum atomic E-state index is 10.0. The topological polar surface area (TPSA) is 99.9 Å². The number of morpholine rings is 1. The van der Waals surface area contributed by atoms with Crippen molar-refractivity contribution in [3.8, 4) is 23.3 Å². The van der Waals surface area contributed by atoms with Gasteiger partial charge in [0.2, 0.25) is 0 Å². The van der Waals surface area contributed by atoms with Crippen molar-refractivity contribution in [3.05, 3.63) is 47.7 Å². The van der Waals surface area contributed by atoms with Crippen LogP contribution in [0.15, 0.2) is 36.5 Å². The molecule has 0 bridgehead atoms. The van der Waals surface area contributed by atoms with Gasteiger partial charge in [-0.25, -0.2) is 0 Å². The predicted octanol–water partition coefficient (Wildman–Crippen LogP) is 3.58. The molecule has 166 valence electrons. The van der Waals surface area contributed by atoms with Gasteiger partial charge in [0, 0.05) is 43.0 Å². The lowest BCUT2D eigenvalue weighted by molar-refractivity contribution is 0.0321. The Labute approximate surface area is 187 Å². The Morgan fingerprint density at radius 2 is 2.06 bits per heavy atom. The molecule has 2 aromatic carbocycles. The molecule has 1 aliphatic rings. The molecular formula is C24H26N4O4. The number of fused-ring (bicyclic) bond motifs is 1. The number of methoxy groups -OCH3 is 1. The molecule has 1 aliphatic heterocycles. The summed E-state index contributed by atoms with van der Waals surface area (Å²) in [7, 11) is 1.58. The molecule has 2 heterocycles. The van der Waals surface area contributed by atoms with Crippen LogP contribution >= 0.6 is 0 Å². The van der Waals surface area contributed by atoms with Gasteiger partial charge in [-0.2, -0.15) is 5.26 Å². The summed E-state index contributed by atoms with van der Waals surface area (Å²) in [5.74, 6) is 1.30. The van der Waals surface area contributed by atoms with Crippen molar-refractivity contribution in [2.75, 3.05) is 51.9 Å². The molecule has 0 unspecified atom stereocenters. The maximum Gasteiger partial charge on any atom is 0.187 e. The van der Waals surface area contributed by atoms with Gasteiger partial charge in [0.1, 0.15) is 23.9 Å². The fourth-order valence-corrected chi connectivity index (χ4v) is 3.69. The number of pyridine rings is 1. The van der Waals surface area contributed by atoms with E-state index < -0.39 is 0 Å². The van der Waals surface area contributed by atoms with Crippen LogP contribution in [0.2, 0.25) is 0 Å². The first kappa shape index (κ1) is 21.7. The zero-order chi connectivity index (χ0) is 22.5. The minimum atomic E-state index is 0.181. The van der Waals surface area contributed by atoms with Crippen molar-refractivity contribution >= 4 is 22.3 Å². The number of ether oxygens (including phenoxy) is 3. The van der Waals surface area contributed by atoms with Gasteiger partial charge in [-0.15, -0.1) is 0 Å². The van der Waals surface area contributed by atoms with Gasteiger partial charge < -0.3 is 24.6 Å². The van der Waals surface area contributed by atoms with Gasteiger partial charge in [0.05, 0.1) is 31.6 Å². The number of aromatic hydroxyl groups is 1. The zero-order valence-electron chi connectivity index (χ0n) is 18.2. The smallest absolute Gasteiger partial charge is 0.187 e. The molecule has 0 atom stereocenters. The van der Waals surface area contributed by atoms with E-state index in [1.54, 1.807) is 13.2 Å². The summed E-state index contributed by atoms with van der Waals surface area (Å²) in [6.45, 7) is 6.45. The molecular weight excluding hydrogens is 408 g/mol. The average molecular weight is 434 g/mol. The minimum absolute atomic E-state index is 0.181. The number of nitrogens with one attached hydrogen (secondary N) is 1. The molecule has 0 saturated carbocycles. The lowest BCUT2D eigenvalue weighted by atomic mass is 10.1.